The molecule has 21 heavy (non-hydrogen) atoms. The van der Waals surface area contributed by atoms with E-state index in [-0.39, 0.29) is 32.5 Å². The molecule has 1 amide bonds. The molecule has 5 nitrogen and oxygen atoms in total. The van der Waals surface area contributed by atoms with E-state index in [9.17, 15) is 13.2 Å². The molecule has 2 rings (SSSR count). The Bertz CT molecular complexity index is 676. The highest BCUT2D eigenvalue weighted by atomic mass is 35.5. The Labute approximate surface area is 134 Å². The van der Waals surface area contributed by atoms with Crippen LogP contribution < -0.4 is 5.32 Å². The summed E-state index contributed by atoms with van der Waals surface area (Å²) in [6.07, 6.45) is 1.04. The van der Waals surface area contributed by atoms with E-state index in [1.54, 1.807) is 4.90 Å². The summed E-state index contributed by atoms with van der Waals surface area (Å²) in [7, 11) is -3.52. The standard InChI is InChI=1S/C13H16Cl2N2O3S/c1-8-7-17(4-3-16-8)13(18)9-5-12(21(2,19)20)11(15)6-10(9)14/h5-6,8,16H,3-4,7H2,1-2H3/t8-/m0/s1. The molecule has 1 aliphatic rings. The molecule has 1 N–H and O–H groups in total. The van der Waals surface area contributed by atoms with Crippen LogP contribution >= 0.6 is 23.2 Å². The van der Waals surface area contributed by atoms with Crippen molar-refractivity contribution < 1.29 is 13.2 Å². The zero-order valence-corrected chi connectivity index (χ0v) is 14.0. The molecule has 1 atom stereocenters. The number of halogens is 2. The minimum absolute atomic E-state index is 0.0210. The van der Waals surface area contributed by atoms with Gasteiger partial charge in [0, 0.05) is 31.9 Å². The normalized spacial score (nSPS) is 19.6. The van der Waals surface area contributed by atoms with Gasteiger partial charge in [-0.15, -0.1) is 0 Å². The lowest BCUT2D eigenvalue weighted by molar-refractivity contribution is 0.0709. The van der Waals surface area contributed by atoms with Gasteiger partial charge in [0.15, 0.2) is 9.84 Å². The zero-order chi connectivity index (χ0) is 15.8. The topological polar surface area (TPSA) is 66.5 Å². The maximum atomic E-state index is 12.5. The highest BCUT2D eigenvalue weighted by Crippen LogP contribution is 2.29. The Hall–Kier alpha value is -0.820. The Morgan fingerprint density at radius 1 is 1.33 bits per heavy atom. The van der Waals surface area contributed by atoms with Crippen molar-refractivity contribution >= 4 is 38.9 Å². The fourth-order valence-electron chi connectivity index (χ4n) is 2.26. The predicted octanol–water partition coefficient (Wildman–Crippen LogP) is 1.83. The average Bonchev–Trinajstić information content (AvgIpc) is 2.36. The summed E-state index contributed by atoms with van der Waals surface area (Å²) in [5.41, 5.74) is 0.163. The quantitative estimate of drug-likeness (QED) is 0.883. The Balaban J connectivity index is 2.41. The molecule has 1 aliphatic heterocycles. The molecule has 1 saturated heterocycles. The van der Waals surface area contributed by atoms with Crippen molar-refractivity contribution in [1.29, 1.82) is 0 Å². The Kier molecular flexibility index (Phi) is 4.82. The van der Waals surface area contributed by atoms with Gasteiger partial charge < -0.3 is 10.2 Å². The number of carbonyl (C=O) groups is 1. The van der Waals surface area contributed by atoms with Crippen LogP contribution in [0.5, 0.6) is 0 Å². The van der Waals surface area contributed by atoms with Gasteiger partial charge in [-0.1, -0.05) is 23.2 Å². The van der Waals surface area contributed by atoms with E-state index in [0.717, 1.165) is 6.26 Å². The molecular weight excluding hydrogens is 335 g/mol. The smallest absolute Gasteiger partial charge is 0.255 e. The average molecular weight is 351 g/mol. The number of rotatable bonds is 2. The molecule has 0 unspecified atom stereocenters. The lowest BCUT2D eigenvalue weighted by atomic mass is 10.1. The summed E-state index contributed by atoms with van der Waals surface area (Å²) in [6, 6.07) is 2.75. The lowest BCUT2D eigenvalue weighted by Gasteiger charge is -2.32. The predicted molar refractivity (Wildman–Crippen MR) is 82.9 cm³/mol. The monoisotopic (exact) mass is 350 g/mol. The molecule has 0 aromatic heterocycles. The molecule has 0 spiro atoms. The SMILES string of the molecule is C[C@H]1CN(C(=O)c2cc(S(C)(=O)=O)c(Cl)cc2Cl)CCN1. The first-order valence-corrected chi connectivity index (χ1v) is 9.06. The third-order valence-electron chi connectivity index (χ3n) is 3.31. The van der Waals surface area contributed by atoms with E-state index in [1.165, 1.54) is 12.1 Å². The third kappa shape index (κ3) is 3.69. The fraction of sp³-hybridized carbons (Fsp3) is 0.462. The molecule has 1 fully saturated rings. The molecule has 8 heteroatoms. The number of piperazine rings is 1. The molecule has 0 bridgehead atoms. The van der Waals surface area contributed by atoms with Crippen LogP contribution in [0.15, 0.2) is 17.0 Å². The van der Waals surface area contributed by atoms with Crippen LogP contribution in [0.3, 0.4) is 0 Å². The fourth-order valence-corrected chi connectivity index (χ4v) is 3.89. The van der Waals surface area contributed by atoms with Crippen LogP contribution in [0.1, 0.15) is 17.3 Å². The number of carbonyl (C=O) groups excluding carboxylic acids is 1. The van der Waals surface area contributed by atoms with Gasteiger partial charge in [-0.3, -0.25) is 4.79 Å². The summed E-state index contributed by atoms with van der Waals surface area (Å²) < 4.78 is 23.4. The van der Waals surface area contributed by atoms with Crippen molar-refractivity contribution in [1.82, 2.24) is 10.2 Å². The first-order chi connectivity index (χ1) is 9.70. The maximum Gasteiger partial charge on any atom is 0.255 e. The van der Waals surface area contributed by atoms with Crippen LogP contribution in [-0.4, -0.2) is 51.2 Å². The van der Waals surface area contributed by atoms with Gasteiger partial charge in [0.2, 0.25) is 0 Å². The van der Waals surface area contributed by atoms with Gasteiger partial charge >= 0.3 is 0 Å². The molecular formula is C13H16Cl2N2O3S. The molecule has 0 saturated carbocycles. The minimum atomic E-state index is -3.52. The van der Waals surface area contributed by atoms with Crippen molar-refractivity contribution in [3.05, 3.63) is 27.7 Å². The number of hydrogen-bond acceptors (Lipinski definition) is 4. The van der Waals surface area contributed by atoms with Crippen molar-refractivity contribution in [3.63, 3.8) is 0 Å². The van der Waals surface area contributed by atoms with Crippen molar-refractivity contribution in [3.8, 4) is 0 Å². The summed E-state index contributed by atoms with van der Waals surface area (Å²) in [4.78, 5) is 14.1. The Morgan fingerprint density at radius 3 is 2.57 bits per heavy atom. The van der Waals surface area contributed by atoms with E-state index in [4.69, 9.17) is 23.2 Å². The van der Waals surface area contributed by atoms with E-state index in [2.05, 4.69) is 5.32 Å². The summed E-state index contributed by atoms with van der Waals surface area (Å²) in [5.74, 6) is -0.282. The van der Waals surface area contributed by atoms with Gasteiger partial charge in [0.1, 0.15) is 0 Å². The highest BCUT2D eigenvalue weighted by Gasteiger charge is 2.25. The van der Waals surface area contributed by atoms with Crippen molar-refractivity contribution in [2.45, 2.75) is 17.9 Å². The van der Waals surface area contributed by atoms with Crippen LogP contribution in [0.25, 0.3) is 0 Å². The first kappa shape index (κ1) is 16.5. The third-order valence-corrected chi connectivity index (χ3v) is 5.18. The molecule has 1 aromatic carbocycles. The number of nitrogens with one attached hydrogen (secondary N) is 1. The number of hydrogen-bond donors (Lipinski definition) is 1. The van der Waals surface area contributed by atoms with Crippen molar-refractivity contribution in [2.24, 2.45) is 0 Å². The van der Waals surface area contributed by atoms with Crippen LogP contribution in [0, 0.1) is 0 Å². The van der Waals surface area contributed by atoms with Crippen LogP contribution in [0.2, 0.25) is 10.0 Å². The van der Waals surface area contributed by atoms with Crippen LogP contribution in [-0.2, 0) is 9.84 Å². The summed E-state index contributed by atoms with van der Waals surface area (Å²) in [6.45, 7) is 3.77. The second-order valence-corrected chi connectivity index (χ2v) is 7.94. The van der Waals surface area contributed by atoms with Crippen molar-refractivity contribution in [2.75, 3.05) is 25.9 Å². The molecule has 1 heterocycles. The minimum Gasteiger partial charge on any atom is -0.336 e. The molecule has 0 aliphatic carbocycles. The van der Waals surface area contributed by atoms with Gasteiger partial charge in [-0.05, 0) is 19.1 Å². The Morgan fingerprint density at radius 2 is 2.00 bits per heavy atom. The summed E-state index contributed by atoms with van der Waals surface area (Å²) >= 11 is 12.0. The van der Waals surface area contributed by atoms with E-state index >= 15 is 0 Å². The van der Waals surface area contributed by atoms with E-state index in [0.29, 0.717) is 19.6 Å². The summed E-state index contributed by atoms with van der Waals surface area (Å²) in [5, 5.41) is 3.41. The highest BCUT2D eigenvalue weighted by molar-refractivity contribution is 7.90. The largest absolute Gasteiger partial charge is 0.336 e. The van der Waals surface area contributed by atoms with E-state index in [1.807, 2.05) is 6.92 Å². The zero-order valence-electron chi connectivity index (χ0n) is 11.7. The van der Waals surface area contributed by atoms with Gasteiger partial charge in [-0.2, -0.15) is 0 Å². The lowest BCUT2D eigenvalue weighted by Crippen LogP contribution is -2.51. The number of sulfone groups is 1. The molecule has 1 aromatic rings. The van der Waals surface area contributed by atoms with Gasteiger partial charge in [-0.25, -0.2) is 8.42 Å². The molecule has 0 radical (unpaired) electrons. The van der Waals surface area contributed by atoms with Crippen LogP contribution in [0.4, 0.5) is 0 Å². The number of benzene rings is 1. The maximum absolute atomic E-state index is 12.5. The van der Waals surface area contributed by atoms with Gasteiger partial charge in [0.25, 0.3) is 5.91 Å². The number of amides is 1. The first-order valence-electron chi connectivity index (χ1n) is 6.42. The molecule has 116 valence electrons. The second kappa shape index (κ2) is 6.12. The van der Waals surface area contributed by atoms with E-state index < -0.39 is 9.84 Å². The number of nitrogens with zero attached hydrogens (tertiary/aromatic N) is 1. The van der Waals surface area contributed by atoms with Gasteiger partial charge in [0.05, 0.1) is 20.5 Å². The second-order valence-electron chi connectivity index (χ2n) is 5.14.